The highest BCUT2D eigenvalue weighted by Crippen LogP contribution is 2.31. The fourth-order valence-corrected chi connectivity index (χ4v) is 2.11. The Morgan fingerprint density at radius 3 is 2.12 bits per heavy atom. The summed E-state index contributed by atoms with van der Waals surface area (Å²) in [6.45, 7) is 0. The lowest BCUT2D eigenvalue weighted by molar-refractivity contribution is 0.0591. The zero-order valence-electron chi connectivity index (χ0n) is 12.2. The van der Waals surface area contributed by atoms with E-state index >= 15 is 0 Å². The Morgan fingerprint density at radius 2 is 1.72 bits per heavy atom. The molecule has 0 spiro atoms. The third-order valence-corrected chi connectivity index (χ3v) is 3.24. The quantitative estimate of drug-likeness (QED) is 0.493. The van der Waals surface area contributed by atoms with Crippen LogP contribution in [0.4, 0.5) is 23.2 Å². The monoisotopic (exact) mass is 357 g/mol. The van der Waals surface area contributed by atoms with Crippen molar-refractivity contribution >= 4 is 17.6 Å². The van der Waals surface area contributed by atoms with Crippen molar-refractivity contribution < 1.29 is 37.0 Å². The summed E-state index contributed by atoms with van der Waals surface area (Å²) in [5.41, 5.74) is 0.461. The number of aromatic carboxylic acids is 1. The third kappa shape index (κ3) is 2.53. The number of esters is 1. The molecule has 1 aromatic carbocycles. The number of benzene rings is 1. The Bertz CT molecular complexity index is 933. The van der Waals surface area contributed by atoms with Crippen molar-refractivity contribution in [3.63, 3.8) is 0 Å². The topological polar surface area (TPSA) is 118 Å². The SMILES string of the molecule is COC(=O)c1c(N)c(C#N)cn1-c1c(F)c(F)c(C(=O)O)c(F)c1F. The number of hydrogen-bond donors (Lipinski definition) is 2. The minimum Gasteiger partial charge on any atom is -0.477 e. The Kier molecular flexibility index (Phi) is 4.38. The number of hydrogen-bond acceptors (Lipinski definition) is 5. The van der Waals surface area contributed by atoms with Crippen LogP contribution in [0.15, 0.2) is 6.20 Å². The number of nitrogens with zero attached hydrogens (tertiary/aromatic N) is 2. The van der Waals surface area contributed by atoms with Crippen LogP contribution in [-0.4, -0.2) is 28.7 Å². The van der Waals surface area contributed by atoms with E-state index in [-0.39, 0.29) is 4.57 Å². The highest BCUT2D eigenvalue weighted by Gasteiger charge is 2.33. The molecule has 0 radical (unpaired) electrons. The third-order valence-electron chi connectivity index (χ3n) is 3.24. The smallest absolute Gasteiger partial charge is 0.357 e. The van der Waals surface area contributed by atoms with Crippen LogP contribution in [0.3, 0.4) is 0 Å². The first-order valence-electron chi connectivity index (χ1n) is 6.26. The number of nitriles is 1. The normalized spacial score (nSPS) is 10.4. The average molecular weight is 357 g/mol. The molecule has 0 fully saturated rings. The van der Waals surface area contributed by atoms with E-state index in [1.165, 1.54) is 6.07 Å². The van der Waals surface area contributed by atoms with E-state index in [0.29, 0.717) is 6.20 Å². The van der Waals surface area contributed by atoms with E-state index in [4.69, 9.17) is 16.1 Å². The van der Waals surface area contributed by atoms with Gasteiger partial charge in [-0.3, -0.25) is 0 Å². The van der Waals surface area contributed by atoms with Crippen LogP contribution in [0.25, 0.3) is 5.69 Å². The number of nitrogen functional groups attached to an aromatic ring is 1. The molecule has 0 unspecified atom stereocenters. The molecule has 1 aromatic heterocycles. The highest BCUT2D eigenvalue weighted by molar-refractivity contribution is 5.96. The number of anilines is 1. The Hall–Kier alpha value is -3.55. The molecule has 0 amide bonds. The molecule has 0 saturated carbocycles. The lowest BCUT2D eigenvalue weighted by Gasteiger charge is -2.13. The molecule has 2 rings (SSSR count). The second-order valence-electron chi connectivity index (χ2n) is 4.56. The van der Waals surface area contributed by atoms with E-state index in [0.717, 1.165) is 7.11 Å². The first kappa shape index (κ1) is 17.8. The largest absolute Gasteiger partial charge is 0.477 e. The van der Waals surface area contributed by atoms with Gasteiger partial charge in [0.25, 0.3) is 0 Å². The van der Waals surface area contributed by atoms with Gasteiger partial charge in [-0.2, -0.15) is 5.26 Å². The summed E-state index contributed by atoms with van der Waals surface area (Å²) in [5, 5.41) is 17.6. The lowest BCUT2D eigenvalue weighted by Crippen LogP contribution is -2.17. The number of carboxylic acids is 1. The molecule has 1 heterocycles. The van der Waals surface area contributed by atoms with Gasteiger partial charge in [0.2, 0.25) is 0 Å². The number of carboxylic acid groups (broad SMARTS) is 1. The van der Waals surface area contributed by atoms with Crippen LogP contribution < -0.4 is 5.73 Å². The van der Waals surface area contributed by atoms with Crippen molar-refractivity contribution in [3.05, 3.63) is 46.3 Å². The molecular formula is C14H7F4N3O4. The van der Waals surface area contributed by atoms with Gasteiger partial charge in [0, 0.05) is 6.20 Å². The minimum absolute atomic E-state index is 0.280. The number of carbonyl (C=O) groups is 2. The maximum absolute atomic E-state index is 14.2. The van der Waals surface area contributed by atoms with Crippen LogP contribution in [0.2, 0.25) is 0 Å². The standard InChI is InChI=1S/C14H7F4N3O4/c1-25-14(24)12-10(20)4(2-19)3-21(12)11-8(17)6(15)5(13(22)23)7(16)9(11)18/h3H,20H2,1H3,(H,22,23). The van der Waals surface area contributed by atoms with Gasteiger partial charge < -0.3 is 20.1 Å². The molecule has 25 heavy (non-hydrogen) atoms. The van der Waals surface area contributed by atoms with Crippen molar-refractivity contribution in [3.8, 4) is 11.8 Å². The fourth-order valence-electron chi connectivity index (χ4n) is 2.11. The minimum atomic E-state index is -2.24. The molecule has 0 aliphatic rings. The second kappa shape index (κ2) is 6.16. The van der Waals surface area contributed by atoms with Crippen LogP contribution in [-0.2, 0) is 4.74 Å². The van der Waals surface area contributed by atoms with Crippen LogP contribution in [0.1, 0.15) is 26.4 Å². The zero-order valence-corrected chi connectivity index (χ0v) is 12.2. The molecular weight excluding hydrogens is 350 g/mol. The van der Waals surface area contributed by atoms with Crippen LogP contribution in [0, 0.1) is 34.6 Å². The van der Waals surface area contributed by atoms with E-state index in [9.17, 15) is 27.2 Å². The molecule has 7 nitrogen and oxygen atoms in total. The van der Waals surface area contributed by atoms with Gasteiger partial charge in [-0.05, 0) is 0 Å². The van der Waals surface area contributed by atoms with Gasteiger partial charge >= 0.3 is 11.9 Å². The molecule has 2 aromatic rings. The first-order valence-corrected chi connectivity index (χ1v) is 6.26. The lowest BCUT2D eigenvalue weighted by atomic mass is 10.1. The number of ether oxygens (including phenoxy) is 1. The summed E-state index contributed by atoms with van der Waals surface area (Å²) < 4.78 is 60.8. The van der Waals surface area contributed by atoms with E-state index in [1.54, 1.807) is 0 Å². The Morgan fingerprint density at radius 1 is 1.20 bits per heavy atom. The summed E-state index contributed by atoms with van der Waals surface area (Å²) in [5.74, 6) is -12.1. The molecule has 3 N–H and O–H groups in total. The number of methoxy groups -OCH3 is 1. The first-order chi connectivity index (χ1) is 11.7. The number of carbonyl (C=O) groups excluding carboxylic acids is 1. The Balaban J connectivity index is 2.97. The van der Waals surface area contributed by atoms with Gasteiger partial charge in [0.05, 0.1) is 18.4 Å². The number of rotatable bonds is 3. The molecule has 0 saturated heterocycles. The molecule has 130 valence electrons. The molecule has 11 heteroatoms. The number of halogens is 4. The summed E-state index contributed by atoms with van der Waals surface area (Å²) >= 11 is 0. The van der Waals surface area contributed by atoms with E-state index in [1.807, 2.05) is 0 Å². The van der Waals surface area contributed by atoms with Gasteiger partial charge in [-0.15, -0.1) is 0 Å². The predicted molar refractivity (Wildman–Crippen MR) is 73.0 cm³/mol. The Labute approximate surface area is 136 Å². The highest BCUT2D eigenvalue weighted by atomic mass is 19.2. The van der Waals surface area contributed by atoms with Crippen molar-refractivity contribution in [1.82, 2.24) is 4.57 Å². The predicted octanol–water partition coefficient (Wildman–Crippen LogP) is 1.97. The maximum atomic E-state index is 14.2. The van der Waals surface area contributed by atoms with Crippen LogP contribution >= 0.6 is 0 Å². The van der Waals surface area contributed by atoms with E-state index in [2.05, 4.69) is 4.74 Å². The molecule has 0 bridgehead atoms. The van der Waals surface area contributed by atoms with Crippen molar-refractivity contribution in [2.24, 2.45) is 0 Å². The van der Waals surface area contributed by atoms with Gasteiger partial charge in [-0.1, -0.05) is 0 Å². The van der Waals surface area contributed by atoms with Crippen molar-refractivity contribution in [2.75, 3.05) is 12.8 Å². The number of nitrogens with two attached hydrogens (primary N) is 1. The summed E-state index contributed by atoms with van der Waals surface area (Å²) in [4.78, 5) is 22.5. The second-order valence-corrected chi connectivity index (χ2v) is 4.56. The molecule has 0 aliphatic heterocycles. The van der Waals surface area contributed by atoms with Crippen LogP contribution in [0.5, 0.6) is 0 Å². The van der Waals surface area contributed by atoms with Crippen molar-refractivity contribution in [2.45, 2.75) is 0 Å². The fraction of sp³-hybridized carbons (Fsp3) is 0.0714. The molecule has 0 aliphatic carbocycles. The van der Waals surface area contributed by atoms with Crippen molar-refractivity contribution in [1.29, 1.82) is 5.26 Å². The zero-order chi connectivity index (χ0) is 19.0. The van der Waals surface area contributed by atoms with Gasteiger partial charge in [0.1, 0.15) is 17.3 Å². The van der Waals surface area contributed by atoms with Gasteiger partial charge in [-0.25, -0.2) is 27.2 Å². The van der Waals surface area contributed by atoms with E-state index < -0.39 is 63.4 Å². The average Bonchev–Trinajstić information content (AvgIpc) is 2.88. The summed E-state index contributed by atoms with van der Waals surface area (Å²) in [6.07, 6.45) is 0.655. The number of aromatic nitrogens is 1. The maximum Gasteiger partial charge on any atom is 0.357 e. The summed E-state index contributed by atoms with van der Waals surface area (Å²) in [7, 11) is 0.895. The van der Waals surface area contributed by atoms with Gasteiger partial charge in [0.15, 0.2) is 29.0 Å². The molecule has 0 atom stereocenters. The summed E-state index contributed by atoms with van der Waals surface area (Å²) in [6, 6.07) is 1.52.